The van der Waals surface area contributed by atoms with Crippen molar-refractivity contribution in [2.75, 3.05) is 32.5 Å². The molecule has 38 heavy (non-hydrogen) atoms. The van der Waals surface area contributed by atoms with Crippen molar-refractivity contribution in [3.05, 3.63) is 65.6 Å². The summed E-state index contributed by atoms with van der Waals surface area (Å²) in [4.78, 5) is 18.0. The molecular formula is C28H30F4N2O3S. The van der Waals surface area contributed by atoms with Gasteiger partial charge in [-0.2, -0.15) is 0 Å². The van der Waals surface area contributed by atoms with Crippen LogP contribution in [0.15, 0.2) is 47.5 Å². The number of likely N-dealkylation sites (tertiary alicyclic amines) is 1. The molecule has 2 aromatic carbocycles. The van der Waals surface area contributed by atoms with Crippen molar-refractivity contribution in [2.24, 2.45) is 11.8 Å². The number of halogens is 4. The average molecular weight is 551 g/mol. The molecule has 2 heterocycles. The van der Waals surface area contributed by atoms with Gasteiger partial charge < -0.3 is 14.7 Å². The second-order valence-electron chi connectivity index (χ2n) is 9.58. The molecule has 3 atom stereocenters. The van der Waals surface area contributed by atoms with Gasteiger partial charge in [-0.25, -0.2) is 17.6 Å². The number of carbonyl (C=O) groups is 1. The maximum Gasteiger partial charge on any atom is 0.303 e. The van der Waals surface area contributed by atoms with E-state index in [1.807, 2.05) is 0 Å². The normalized spacial score (nSPS) is 19.0. The van der Waals surface area contributed by atoms with Gasteiger partial charge in [-0.1, -0.05) is 0 Å². The number of benzene rings is 2. The summed E-state index contributed by atoms with van der Waals surface area (Å²) in [5.41, 5.74) is 0.417. The zero-order valence-electron chi connectivity index (χ0n) is 21.0. The highest BCUT2D eigenvalue weighted by atomic mass is 32.2. The van der Waals surface area contributed by atoms with Crippen LogP contribution in [0.4, 0.5) is 17.6 Å². The van der Waals surface area contributed by atoms with Crippen LogP contribution in [-0.2, 0) is 4.79 Å². The third-order valence-electron chi connectivity index (χ3n) is 7.14. The number of fused-ring (bicyclic) bond motifs is 1. The molecule has 10 heteroatoms. The third-order valence-corrected chi connectivity index (χ3v) is 8.15. The van der Waals surface area contributed by atoms with E-state index in [4.69, 9.17) is 4.74 Å². The Balaban J connectivity index is 1.38. The van der Waals surface area contributed by atoms with Crippen LogP contribution < -0.4 is 4.74 Å². The summed E-state index contributed by atoms with van der Waals surface area (Å²) in [7, 11) is 1.48. The Morgan fingerprint density at radius 1 is 1.18 bits per heavy atom. The number of carboxylic acid groups (broad SMARTS) is 1. The number of rotatable bonds is 11. The van der Waals surface area contributed by atoms with Crippen LogP contribution in [0, 0.1) is 29.3 Å². The molecule has 1 fully saturated rings. The minimum Gasteiger partial charge on any atom is -0.497 e. The maximum absolute atomic E-state index is 15.5. The molecule has 204 valence electrons. The number of methoxy groups -OCH3 is 1. The number of nitrogens with zero attached hydrogens (tertiary/aromatic N) is 2. The van der Waals surface area contributed by atoms with Gasteiger partial charge in [0.05, 0.1) is 18.8 Å². The first-order valence-electron chi connectivity index (χ1n) is 12.5. The molecule has 3 aromatic rings. The molecule has 0 bridgehead atoms. The number of hydrogen-bond acceptors (Lipinski definition) is 5. The van der Waals surface area contributed by atoms with Gasteiger partial charge in [0.25, 0.3) is 0 Å². The predicted octanol–water partition coefficient (Wildman–Crippen LogP) is 6.66. The fourth-order valence-electron chi connectivity index (χ4n) is 5.19. The van der Waals surface area contributed by atoms with E-state index in [9.17, 15) is 23.1 Å². The highest BCUT2D eigenvalue weighted by molar-refractivity contribution is 7.99. The standard InChI is InChI=1S/C28H30F4N2O3S/c1-37-20-4-7-25-21(14-20)28(24(32)15-33-25)23(31)5-2-17-8-9-34(16-18(17)12-27(35)36)10-11-38-26-13-19(29)3-6-22(26)30/h3-4,6-7,13-15,17-18,23H,2,5,8-12,16H2,1H3,(H,35,36)/t17?,18?,23-/m1/s1. The minimum atomic E-state index is -1.58. The van der Waals surface area contributed by atoms with Crippen molar-refractivity contribution in [1.82, 2.24) is 9.88 Å². The van der Waals surface area contributed by atoms with E-state index in [0.717, 1.165) is 24.4 Å². The zero-order valence-corrected chi connectivity index (χ0v) is 21.8. The lowest BCUT2D eigenvalue weighted by atomic mass is 9.79. The summed E-state index contributed by atoms with van der Waals surface area (Å²) in [6.07, 6.45) is 0.557. The molecule has 0 aliphatic carbocycles. The van der Waals surface area contributed by atoms with Crippen LogP contribution in [0.5, 0.6) is 5.75 Å². The van der Waals surface area contributed by atoms with Crippen molar-refractivity contribution in [2.45, 2.75) is 36.8 Å². The number of pyridine rings is 1. The maximum atomic E-state index is 15.5. The lowest BCUT2D eigenvalue weighted by Crippen LogP contribution is -2.42. The van der Waals surface area contributed by atoms with Crippen molar-refractivity contribution >= 4 is 28.6 Å². The summed E-state index contributed by atoms with van der Waals surface area (Å²) in [6.45, 7) is 1.79. The van der Waals surface area contributed by atoms with Crippen molar-refractivity contribution in [3.8, 4) is 5.75 Å². The Kier molecular flexibility index (Phi) is 9.49. The third kappa shape index (κ3) is 6.96. The number of alkyl halides is 1. The Labute approximate surface area is 223 Å². The average Bonchev–Trinajstić information content (AvgIpc) is 2.89. The summed E-state index contributed by atoms with van der Waals surface area (Å²) >= 11 is 1.22. The molecule has 0 amide bonds. The molecule has 4 rings (SSSR count). The predicted molar refractivity (Wildman–Crippen MR) is 139 cm³/mol. The quantitative estimate of drug-likeness (QED) is 0.213. The molecular weight excluding hydrogens is 520 g/mol. The van der Waals surface area contributed by atoms with Gasteiger partial charge in [-0.15, -0.1) is 11.8 Å². The highest BCUT2D eigenvalue weighted by Crippen LogP contribution is 2.37. The second-order valence-corrected chi connectivity index (χ2v) is 10.7. The van der Waals surface area contributed by atoms with Crippen LogP contribution in [0.3, 0.4) is 0 Å². The number of aliphatic carboxylic acids is 1. The number of carboxylic acids is 1. The van der Waals surface area contributed by atoms with Crippen LogP contribution in [-0.4, -0.2) is 53.5 Å². The molecule has 0 saturated carbocycles. The van der Waals surface area contributed by atoms with Crippen LogP contribution in [0.25, 0.3) is 10.9 Å². The lowest BCUT2D eigenvalue weighted by molar-refractivity contribution is -0.139. The van der Waals surface area contributed by atoms with Crippen LogP contribution in [0.2, 0.25) is 0 Å². The molecule has 0 radical (unpaired) electrons. The number of piperidine rings is 1. The van der Waals surface area contributed by atoms with Gasteiger partial charge >= 0.3 is 5.97 Å². The van der Waals surface area contributed by atoms with Gasteiger partial charge in [0.2, 0.25) is 0 Å². The molecule has 0 spiro atoms. The van der Waals surface area contributed by atoms with E-state index in [2.05, 4.69) is 9.88 Å². The van der Waals surface area contributed by atoms with E-state index in [0.29, 0.717) is 54.9 Å². The van der Waals surface area contributed by atoms with Gasteiger partial charge in [-0.3, -0.25) is 9.78 Å². The van der Waals surface area contributed by atoms with E-state index in [-0.39, 0.29) is 35.1 Å². The monoisotopic (exact) mass is 550 g/mol. The molecule has 1 aliphatic heterocycles. The van der Waals surface area contributed by atoms with Crippen molar-refractivity contribution in [3.63, 3.8) is 0 Å². The summed E-state index contributed by atoms with van der Waals surface area (Å²) in [5.74, 6) is -1.84. The lowest BCUT2D eigenvalue weighted by Gasteiger charge is -2.38. The Hall–Kier alpha value is -2.85. The second kappa shape index (κ2) is 12.8. The van der Waals surface area contributed by atoms with E-state index < -0.39 is 29.6 Å². The molecule has 1 aromatic heterocycles. The summed E-state index contributed by atoms with van der Waals surface area (Å²) < 4.78 is 62.7. The number of thioether (sulfide) groups is 1. The molecule has 2 unspecified atom stereocenters. The molecule has 5 nitrogen and oxygen atoms in total. The van der Waals surface area contributed by atoms with Crippen LogP contribution in [0.1, 0.15) is 37.4 Å². The Morgan fingerprint density at radius 2 is 2.00 bits per heavy atom. The smallest absolute Gasteiger partial charge is 0.303 e. The SMILES string of the molecule is COc1ccc2ncc(F)c([C@H](F)CCC3CCN(CCSc4cc(F)ccc4F)CC3CC(=O)O)c2c1. The van der Waals surface area contributed by atoms with Crippen molar-refractivity contribution in [1.29, 1.82) is 0 Å². The van der Waals surface area contributed by atoms with Crippen LogP contribution >= 0.6 is 11.8 Å². The number of hydrogen-bond donors (Lipinski definition) is 1. The molecule has 1 saturated heterocycles. The first-order valence-corrected chi connectivity index (χ1v) is 13.5. The topological polar surface area (TPSA) is 62.7 Å². The van der Waals surface area contributed by atoms with Gasteiger partial charge in [-0.05, 0) is 74.0 Å². The fraction of sp³-hybridized carbons (Fsp3) is 0.429. The fourth-order valence-corrected chi connectivity index (χ4v) is 6.16. The minimum absolute atomic E-state index is 0.0281. The first-order chi connectivity index (χ1) is 18.2. The van der Waals surface area contributed by atoms with Gasteiger partial charge in [0.15, 0.2) is 0 Å². The van der Waals surface area contributed by atoms with E-state index in [1.165, 1.54) is 18.9 Å². The largest absolute Gasteiger partial charge is 0.497 e. The van der Waals surface area contributed by atoms with Gasteiger partial charge in [0.1, 0.15) is 29.4 Å². The van der Waals surface area contributed by atoms with E-state index >= 15 is 4.39 Å². The first kappa shape index (κ1) is 28.2. The van der Waals surface area contributed by atoms with E-state index in [1.54, 1.807) is 18.2 Å². The summed E-state index contributed by atoms with van der Waals surface area (Å²) in [5, 5.41) is 9.83. The molecule has 1 N–H and O–H groups in total. The van der Waals surface area contributed by atoms with Gasteiger partial charge in [0, 0.05) is 41.1 Å². The van der Waals surface area contributed by atoms with Crippen molar-refractivity contribution < 1.29 is 32.2 Å². The number of ether oxygens (including phenoxy) is 1. The highest BCUT2D eigenvalue weighted by Gasteiger charge is 2.32. The number of aromatic nitrogens is 1. The summed E-state index contributed by atoms with van der Waals surface area (Å²) in [6, 6.07) is 8.25. The molecule has 1 aliphatic rings. The Morgan fingerprint density at radius 3 is 2.76 bits per heavy atom. The zero-order chi connectivity index (χ0) is 27.2. The Bertz CT molecular complexity index is 1280.